The summed E-state index contributed by atoms with van der Waals surface area (Å²) in [6, 6.07) is 4.59. The maximum atomic E-state index is 11.6. The molecule has 1 atom stereocenters. The summed E-state index contributed by atoms with van der Waals surface area (Å²) in [5.41, 5.74) is 5.25. The number of methoxy groups -OCH3 is 1. The first kappa shape index (κ1) is 14.6. The number of carbonyl (C=O) groups is 1. The lowest BCUT2D eigenvalue weighted by Crippen LogP contribution is -2.39. The van der Waals surface area contributed by atoms with Crippen LogP contribution in [0.4, 0.5) is 11.4 Å². The van der Waals surface area contributed by atoms with E-state index in [1.54, 1.807) is 6.07 Å². The fourth-order valence-electron chi connectivity index (χ4n) is 1.34. The number of carbonyl (C=O) groups excluding carboxylic acids is 1. The number of anilines is 1. The van der Waals surface area contributed by atoms with Gasteiger partial charge in [0.15, 0.2) is 0 Å². The number of rotatable bonds is 5. The van der Waals surface area contributed by atoms with Gasteiger partial charge in [-0.3, -0.25) is 14.9 Å². The van der Waals surface area contributed by atoms with Gasteiger partial charge in [0.1, 0.15) is 11.7 Å². The maximum Gasteiger partial charge on any atom is 0.294 e. The molecule has 1 aromatic rings. The second-order valence-corrected chi connectivity index (χ2v) is 3.65. The van der Waals surface area contributed by atoms with E-state index in [4.69, 9.17) is 15.7 Å². The molecule has 100 valence electrons. The normalized spacial score (nSPS) is 11.4. The molecule has 0 spiro atoms. The molecule has 0 radical (unpaired) electrons. The van der Waals surface area contributed by atoms with Crippen molar-refractivity contribution in [2.75, 3.05) is 19.0 Å². The number of nitrogens with zero attached hydrogens (tertiary/aromatic N) is 2. The number of nitrogens with one attached hydrogen (secondary N) is 1. The number of nitro benzene ring substituents is 1. The molecular weight excluding hydrogens is 252 g/mol. The van der Waals surface area contributed by atoms with Crippen molar-refractivity contribution >= 4 is 17.3 Å². The smallest absolute Gasteiger partial charge is 0.294 e. The highest BCUT2D eigenvalue weighted by atomic mass is 16.6. The molecule has 0 aromatic heterocycles. The van der Waals surface area contributed by atoms with Gasteiger partial charge in [-0.25, -0.2) is 0 Å². The van der Waals surface area contributed by atoms with E-state index < -0.39 is 16.9 Å². The summed E-state index contributed by atoms with van der Waals surface area (Å²) in [7, 11) is 1.39. The topological polar surface area (TPSA) is 131 Å². The quantitative estimate of drug-likeness (QED) is 0.583. The number of ether oxygens (including phenoxy) is 1. The van der Waals surface area contributed by atoms with Crippen LogP contribution in [0.5, 0.6) is 0 Å². The molecule has 1 rings (SSSR count). The van der Waals surface area contributed by atoms with Gasteiger partial charge >= 0.3 is 0 Å². The highest BCUT2D eigenvalue weighted by Crippen LogP contribution is 2.25. The highest BCUT2D eigenvalue weighted by Gasteiger charge is 2.20. The summed E-state index contributed by atoms with van der Waals surface area (Å²) in [6.45, 7) is -0.00406. The van der Waals surface area contributed by atoms with E-state index in [1.165, 1.54) is 19.2 Å². The van der Waals surface area contributed by atoms with E-state index in [2.05, 4.69) is 5.32 Å². The predicted molar refractivity (Wildman–Crippen MR) is 66.3 cm³/mol. The average Bonchev–Trinajstić information content (AvgIpc) is 2.39. The summed E-state index contributed by atoms with van der Waals surface area (Å²) in [5.74, 6) is -0.602. The number of benzene rings is 1. The van der Waals surface area contributed by atoms with Crippen LogP contribution in [-0.4, -0.2) is 30.6 Å². The molecular formula is C11H12N4O4. The Balaban J connectivity index is 2.98. The lowest BCUT2D eigenvalue weighted by atomic mass is 10.2. The number of hydrogen-bond acceptors (Lipinski definition) is 6. The van der Waals surface area contributed by atoms with Gasteiger partial charge < -0.3 is 15.8 Å². The van der Waals surface area contributed by atoms with Crippen molar-refractivity contribution < 1.29 is 14.5 Å². The van der Waals surface area contributed by atoms with Gasteiger partial charge in [0, 0.05) is 13.2 Å². The third kappa shape index (κ3) is 3.74. The van der Waals surface area contributed by atoms with Crippen molar-refractivity contribution in [3.05, 3.63) is 33.9 Å². The zero-order chi connectivity index (χ0) is 14.4. The summed E-state index contributed by atoms with van der Waals surface area (Å²) in [4.78, 5) is 21.8. The molecule has 0 saturated heterocycles. The van der Waals surface area contributed by atoms with Gasteiger partial charge in [-0.2, -0.15) is 5.26 Å². The number of hydrogen-bond donors (Lipinski definition) is 2. The van der Waals surface area contributed by atoms with E-state index in [0.717, 1.165) is 6.07 Å². The van der Waals surface area contributed by atoms with Crippen LogP contribution in [0.2, 0.25) is 0 Å². The van der Waals surface area contributed by atoms with E-state index >= 15 is 0 Å². The molecule has 8 nitrogen and oxygen atoms in total. The van der Waals surface area contributed by atoms with Crippen molar-refractivity contribution in [3.63, 3.8) is 0 Å². The van der Waals surface area contributed by atoms with Gasteiger partial charge in [-0.05, 0) is 12.1 Å². The Labute approximate surface area is 108 Å². The summed E-state index contributed by atoms with van der Waals surface area (Å²) < 4.78 is 4.71. The molecule has 1 amide bonds. The van der Waals surface area contributed by atoms with Crippen molar-refractivity contribution in [1.29, 1.82) is 5.26 Å². The third-order valence-electron chi connectivity index (χ3n) is 2.26. The second-order valence-electron chi connectivity index (χ2n) is 3.65. The van der Waals surface area contributed by atoms with Crippen molar-refractivity contribution in [2.24, 2.45) is 5.73 Å². The molecule has 1 aromatic carbocycles. The number of nitro groups is 1. The number of amides is 1. The van der Waals surface area contributed by atoms with Crippen LogP contribution in [0.1, 0.15) is 5.56 Å². The Kier molecular flexibility index (Phi) is 4.93. The third-order valence-corrected chi connectivity index (χ3v) is 2.26. The minimum atomic E-state index is -0.930. The molecule has 8 heteroatoms. The van der Waals surface area contributed by atoms with Gasteiger partial charge in [0.25, 0.3) is 5.69 Å². The van der Waals surface area contributed by atoms with E-state index in [9.17, 15) is 14.9 Å². The first-order chi connectivity index (χ1) is 8.99. The number of nitrogens with two attached hydrogens (primary N) is 1. The SMILES string of the molecule is COCC(N)C(=O)Nc1ccc(C#N)cc1[N+](=O)[O-]. The summed E-state index contributed by atoms with van der Waals surface area (Å²) in [6.07, 6.45) is 0. The fourth-order valence-corrected chi connectivity index (χ4v) is 1.34. The standard InChI is InChI=1S/C11H12N4O4/c1-19-6-8(13)11(16)14-9-3-2-7(5-12)4-10(9)15(17)18/h2-4,8H,6,13H2,1H3,(H,14,16). The van der Waals surface area contributed by atoms with E-state index in [1.807, 2.05) is 0 Å². The molecule has 1 unspecified atom stereocenters. The van der Waals surface area contributed by atoms with Crippen LogP contribution < -0.4 is 11.1 Å². The summed E-state index contributed by atoms with van der Waals surface area (Å²) >= 11 is 0. The van der Waals surface area contributed by atoms with Crippen LogP contribution in [0.25, 0.3) is 0 Å². The van der Waals surface area contributed by atoms with E-state index in [0.29, 0.717) is 0 Å². The van der Waals surface area contributed by atoms with Crippen molar-refractivity contribution in [1.82, 2.24) is 0 Å². The minimum absolute atomic E-state index is 0.00406. The van der Waals surface area contributed by atoms with Gasteiger partial charge in [0.2, 0.25) is 5.91 Å². The van der Waals surface area contributed by atoms with Gasteiger partial charge in [0.05, 0.1) is 23.2 Å². The second kappa shape index (κ2) is 6.44. The highest BCUT2D eigenvalue weighted by molar-refractivity contribution is 5.96. The molecule has 3 N–H and O–H groups in total. The molecule has 0 fully saturated rings. The maximum absolute atomic E-state index is 11.6. The first-order valence-electron chi connectivity index (χ1n) is 5.23. The average molecular weight is 264 g/mol. The van der Waals surface area contributed by atoms with Crippen LogP contribution in [-0.2, 0) is 9.53 Å². The lowest BCUT2D eigenvalue weighted by molar-refractivity contribution is -0.383. The molecule has 0 bridgehead atoms. The lowest BCUT2D eigenvalue weighted by Gasteiger charge is -2.11. The Bertz CT molecular complexity index is 538. The molecule has 0 aliphatic carbocycles. The Hall–Kier alpha value is -2.50. The van der Waals surface area contributed by atoms with Gasteiger partial charge in [-0.15, -0.1) is 0 Å². The predicted octanol–water partition coefficient (Wildman–Crippen LogP) is 0.379. The zero-order valence-electron chi connectivity index (χ0n) is 10.1. The molecule has 0 aliphatic rings. The van der Waals surface area contributed by atoms with Crippen molar-refractivity contribution in [2.45, 2.75) is 6.04 Å². The molecule has 0 aliphatic heterocycles. The largest absolute Gasteiger partial charge is 0.383 e. The zero-order valence-corrected chi connectivity index (χ0v) is 10.1. The van der Waals surface area contributed by atoms with Crippen LogP contribution in [0.15, 0.2) is 18.2 Å². The summed E-state index contributed by atoms with van der Waals surface area (Å²) in [5, 5.41) is 21.9. The molecule has 0 saturated carbocycles. The van der Waals surface area contributed by atoms with Crippen molar-refractivity contribution in [3.8, 4) is 6.07 Å². The Morgan fingerprint density at radius 1 is 1.68 bits per heavy atom. The Morgan fingerprint density at radius 2 is 2.37 bits per heavy atom. The van der Waals surface area contributed by atoms with Gasteiger partial charge in [-0.1, -0.05) is 0 Å². The Morgan fingerprint density at radius 3 is 2.89 bits per heavy atom. The number of nitriles is 1. The fraction of sp³-hybridized carbons (Fsp3) is 0.273. The molecule has 0 heterocycles. The first-order valence-corrected chi connectivity index (χ1v) is 5.23. The van der Waals surface area contributed by atoms with Crippen LogP contribution in [0, 0.1) is 21.4 Å². The minimum Gasteiger partial charge on any atom is -0.383 e. The van der Waals surface area contributed by atoms with E-state index in [-0.39, 0.29) is 23.5 Å². The monoisotopic (exact) mass is 264 g/mol. The van der Waals surface area contributed by atoms with Crippen LogP contribution in [0.3, 0.4) is 0 Å². The van der Waals surface area contributed by atoms with Crippen LogP contribution >= 0.6 is 0 Å². The molecule has 19 heavy (non-hydrogen) atoms.